The van der Waals surface area contributed by atoms with E-state index in [9.17, 15) is 9.18 Å². The van der Waals surface area contributed by atoms with Gasteiger partial charge in [0.25, 0.3) is 0 Å². The zero-order chi connectivity index (χ0) is 16.6. The van der Waals surface area contributed by atoms with Crippen molar-refractivity contribution in [2.24, 2.45) is 5.41 Å². The van der Waals surface area contributed by atoms with Crippen LogP contribution in [-0.2, 0) is 11.3 Å². The lowest BCUT2D eigenvalue weighted by molar-refractivity contribution is -0.135. The molecule has 2 aromatic rings. The maximum absolute atomic E-state index is 13.3. The number of halogens is 1. The molecule has 5 nitrogen and oxygen atoms in total. The van der Waals surface area contributed by atoms with Crippen molar-refractivity contribution in [2.75, 3.05) is 24.5 Å². The van der Waals surface area contributed by atoms with E-state index in [4.69, 9.17) is 0 Å². The van der Waals surface area contributed by atoms with Crippen LogP contribution in [0.15, 0.2) is 42.7 Å². The first-order valence-electron chi connectivity index (χ1n) is 8.22. The number of rotatable bonds is 3. The van der Waals surface area contributed by atoms with Gasteiger partial charge in [-0.05, 0) is 36.6 Å². The number of amides is 1. The molecule has 6 heteroatoms. The minimum absolute atomic E-state index is 0.171. The molecular formula is C18H19FN4O. The van der Waals surface area contributed by atoms with Crippen LogP contribution in [0.5, 0.6) is 0 Å². The summed E-state index contributed by atoms with van der Waals surface area (Å²) in [6.45, 7) is 2.65. The number of hydrogen-bond acceptors (Lipinski definition) is 4. The van der Waals surface area contributed by atoms with Crippen LogP contribution < -0.4 is 4.90 Å². The van der Waals surface area contributed by atoms with Gasteiger partial charge in [-0.25, -0.2) is 14.4 Å². The molecule has 1 atom stereocenters. The van der Waals surface area contributed by atoms with Gasteiger partial charge in [-0.2, -0.15) is 0 Å². The molecule has 2 aliphatic rings. The monoisotopic (exact) mass is 326 g/mol. The predicted octanol–water partition coefficient (Wildman–Crippen LogP) is 2.24. The Morgan fingerprint density at radius 3 is 2.71 bits per heavy atom. The third-order valence-electron chi connectivity index (χ3n) is 5.05. The molecule has 1 unspecified atom stereocenters. The second-order valence-electron chi connectivity index (χ2n) is 6.61. The van der Waals surface area contributed by atoms with Crippen LogP contribution in [0.25, 0.3) is 0 Å². The molecule has 0 radical (unpaired) electrons. The molecule has 1 aromatic heterocycles. The molecule has 1 spiro atoms. The van der Waals surface area contributed by atoms with Crippen LogP contribution in [0, 0.1) is 11.2 Å². The van der Waals surface area contributed by atoms with E-state index in [0.29, 0.717) is 19.0 Å². The molecule has 2 fully saturated rings. The minimum atomic E-state index is -0.341. The van der Waals surface area contributed by atoms with Gasteiger partial charge in [0.2, 0.25) is 11.9 Å². The van der Waals surface area contributed by atoms with Crippen molar-refractivity contribution in [3.63, 3.8) is 0 Å². The normalized spacial score (nSPS) is 23.5. The lowest BCUT2D eigenvalue weighted by Gasteiger charge is -2.23. The van der Waals surface area contributed by atoms with Gasteiger partial charge in [0.05, 0.1) is 5.41 Å². The highest BCUT2D eigenvalue weighted by Gasteiger charge is 2.51. The summed E-state index contributed by atoms with van der Waals surface area (Å²) in [7, 11) is 0. The van der Waals surface area contributed by atoms with Gasteiger partial charge in [-0.1, -0.05) is 12.1 Å². The van der Waals surface area contributed by atoms with Crippen molar-refractivity contribution in [3.8, 4) is 0 Å². The summed E-state index contributed by atoms with van der Waals surface area (Å²) in [6, 6.07) is 8.25. The van der Waals surface area contributed by atoms with Gasteiger partial charge in [0, 0.05) is 38.6 Å². The first kappa shape index (κ1) is 15.1. The molecular weight excluding hydrogens is 307 g/mol. The summed E-state index contributed by atoms with van der Waals surface area (Å²) < 4.78 is 13.3. The minimum Gasteiger partial charge on any atom is -0.340 e. The molecule has 3 heterocycles. The van der Waals surface area contributed by atoms with Gasteiger partial charge < -0.3 is 9.80 Å². The highest BCUT2D eigenvalue weighted by Crippen LogP contribution is 2.41. The van der Waals surface area contributed by atoms with Gasteiger partial charge in [0.1, 0.15) is 5.82 Å². The Bertz CT molecular complexity index is 754. The molecule has 1 aromatic carbocycles. The Morgan fingerprint density at radius 1 is 1.12 bits per heavy atom. The SMILES string of the molecule is O=C1N(Cc2cccc(F)c2)CCC12CCN(c1ncccn1)C2. The van der Waals surface area contributed by atoms with Crippen LogP contribution in [0.3, 0.4) is 0 Å². The average Bonchev–Trinajstić information content (AvgIpc) is 3.16. The number of anilines is 1. The van der Waals surface area contributed by atoms with E-state index >= 15 is 0 Å². The summed E-state index contributed by atoms with van der Waals surface area (Å²) in [5.74, 6) is 0.595. The molecule has 1 amide bonds. The fraction of sp³-hybridized carbons (Fsp3) is 0.389. The van der Waals surface area contributed by atoms with E-state index in [1.165, 1.54) is 12.1 Å². The lowest BCUT2D eigenvalue weighted by atomic mass is 9.85. The number of likely N-dealkylation sites (tertiary alicyclic amines) is 1. The van der Waals surface area contributed by atoms with E-state index in [0.717, 1.165) is 31.5 Å². The molecule has 0 saturated carbocycles. The lowest BCUT2D eigenvalue weighted by Crippen LogP contribution is -2.37. The second-order valence-corrected chi connectivity index (χ2v) is 6.61. The van der Waals surface area contributed by atoms with Crippen molar-refractivity contribution in [3.05, 3.63) is 54.1 Å². The number of benzene rings is 1. The van der Waals surface area contributed by atoms with Gasteiger partial charge in [0.15, 0.2) is 0 Å². The fourth-order valence-corrected chi connectivity index (χ4v) is 3.78. The number of aromatic nitrogens is 2. The van der Waals surface area contributed by atoms with E-state index in [2.05, 4.69) is 14.9 Å². The molecule has 0 aliphatic carbocycles. The van der Waals surface area contributed by atoms with Gasteiger partial charge in [-0.15, -0.1) is 0 Å². The Balaban J connectivity index is 1.47. The summed E-state index contributed by atoms with van der Waals surface area (Å²) >= 11 is 0. The third kappa shape index (κ3) is 2.62. The summed E-state index contributed by atoms with van der Waals surface area (Å²) in [5, 5.41) is 0. The second kappa shape index (κ2) is 5.85. The zero-order valence-corrected chi connectivity index (χ0v) is 13.4. The van der Waals surface area contributed by atoms with Crippen molar-refractivity contribution in [1.82, 2.24) is 14.9 Å². The molecule has 24 heavy (non-hydrogen) atoms. The van der Waals surface area contributed by atoms with Crippen molar-refractivity contribution in [2.45, 2.75) is 19.4 Å². The zero-order valence-electron chi connectivity index (χ0n) is 13.4. The van der Waals surface area contributed by atoms with Crippen LogP contribution >= 0.6 is 0 Å². The number of nitrogens with zero attached hydrogens (tertiary/aromatic N) is 4. The molecule has 0 bridgehead atoms. The summed E-state index contributed by atoms with van der Waals surface area (Å²) in [6.07, 6.45) is 5.11. The highest BCUT2D eigenvalue weighted by molar-refractivity contribution is 5.86. The van der Waals surface area contributed by atoms with E-state index in [1.54, 1.807) is 24.5 Å². The largest absolute Gasteiger partial charge is 0.340 e. The summed E-state index contributed by atoms with van der Waals surface area (Å²) in [4.78, 5) is 25.5. The van der Waals surface area contributed by atoms with Crippen molar-refractivity contribution >= 4 is 11.9 Å². The smallest absolute Gasteiger partial charge is 0.231 e. The van der Waals surface area contributed by atoms with Crippen molar-refractivity contribution in [1.29, 1.82) is 0 Å². The number of carbonyl (C=O) groups excluding carboxylic acids is 1. The topological polar surface area (TPSA) is 49.3 Å². The standard InChI is InChI=1S/C18H19FN4O/c19-15-4-1-3-14(11-15)12-22-9-5-18(16(22)24)6-10-23(13-18)17-20-7-2-8-21-17/h1-4,7-8,11H,5-6,9-10,12-13H2. The maximum atomic E-state index is 13.3. The third-order valence-corrected chi connectivity index (χ3v) is 5.05. The Hall–Kier alpha value is -2.50. The first-order valence-corrected chi connectivity index (χ1v) is 8.22. The summed E-state index contributed by atoms with van der Waals surface area (Å²) in [5.41, 5.74) is 0.494. The molecule has 124 valence electrons. The van der Waals surface area contributed by atoms with Crippen LogP contribution in [0.4, 0.5) is 10.3 Å². The number of hydrogen-bond donors (Lipinski definition) is 0. The quantitative estimate of drug-likeness (QED) is 0.868. The Labute approximate surface area is 140 Å². The average molecular weight is 326 g/mol. The van der Waals surface area contributed by atoms with Crippen LogP contribution in [0.1, 0.15) is 18.4 Å². The number of carbonyl (C=O) groups is 1. The van der Waals surface area contributed by atoms with Crippen LogP contribution in [0.2, 0.25) is 0 Å². The molecule has 2 saturated heterocycles. The molecule has 2 aliphatic heterocycles. The van der Waals surface area contributed by atoms with Crippen molar-refractivity contribution < 1.29 is 9.18 Å². The Kier molecular flexibility index (Phi) is 3.67. The Morgan fingerprint density at radius 2 is 1.92 bits per heavy atom. The molecule has 0 N–H and O–H groups in total. The maximum Gasteiger partial charge on any atom is 0.231 e. The predicted molar refractivity (Wildman–Crippen MR) is 87.7 cm³/mol. The van der Waals surface area contributed by atoms with Gasteiger partial charge in [-0.3, -0.25) is 4.79 Å². The fourth-order valence-electron chi connectivity index (χ4n) is 3.78. The van der Waals surface area contributed by atoms with Gasteiger partial charge >= 0.3 is 0 Å². The van der Waals surface area contributed by atoms with E-state index < -0.39 is 0 Å². The first-order chi connectivity index (χ1) is 11.7. The highest BCUT2D eigenvalue weighted by atomic mass is 19.1. The molecule has 4 rings (SSSR count). The van der Waals surface area contributed by atoms with Crippen LogP contribution in [-0.4, -0.2) is 40.4 Å². The van der Waals surface area contributed by atoms with E-state index in [1.807, 2.05) is 11.0 Å². The van der Waals surface area contributed by atoms with E-state index in [-0.39, 0.29) is 17.1 Å².